The minimum atomic E-state index is -0.162. The Labute approximate surface area is 116 Å². The van der Waals surface area contributed by atoms with Gasteiger partial charge in [-0.3, -0.25) is 0 Å². The largest absolute Gasteiger partial charge is 0.502 e. The van der Waals surface area contributed by atoms with Gasteiger partial charge in [0, 0.05) is 17.2 Å². The number of methoxy groups -OCH3 is 1. The molecular formula is C14H14ClN2O2+. The number of anilines is 1. The first-order valence-electron chi connectivity index (χ1n) is 5.71. The van der Waals surface area contributed by atoms with Crippen molar-refractivity contribution in [1.29, 1.82) is 0 Å². The lowest BCUT2D eigenvalue weighted by atomic mass is 10.3. The van der Waals surface area contributed by atoms with E-state index in [1.165, 1.54) is 4.57 Å². The van der Waals surface area contributed by atoms with Gasteiger partial charge in [-0.1, -0.05) is 11.6 Å². The summed E-state index contributed by atoms with van der Waals surface area (Å²) in [4.78, 5) is 13.8. The molecule has 0 radical (unpaired) electrons. The SMILES string of the molecule is COc1cc[n+](C(=O)N(C)c2ccc(Cl)cc2)cc1. The molecule has 1 aromatic carbocycles. The monoisotopic (exact) mass is 277 g/mol. The Morgan fingerprint density at radius 2 is 1.74 bits per heavy atom. The summed E-state index contributed by atoms with van der Waals surface area (Å²) in [5, 5.41) is 0.640. The lowest BCUT2D eigenvalue weighted by molar-refractivity contribution is -0.569. The molecular weight excluding hydrogens is 264 g/mol. The van der Waals surface area contributed by atoms with E-state index in [-0.39, 0.29) is 6.03 Å². The summed E-state index contributed by atoms with van der Waals surface area (Å²) < 4.78 is 6.54. The average molecular weight is 278 g/mol. The van der Waals surface area contributed by atoms with E-state index < -0.39 is 0 Å². The van der Waals surface area contributed by atoms with Gasteiger partial charge in [-0.05, 0) is 24.3 Å². The third-order valence-corrected chi connectivity index (χ3v) is 3.01. The number of ether oxygens (including phenoxy) is 1. The van der Waals surface area contributed by atoms with E-state index in [1.807, 2.05) is 0 Å². The second-order valence-electron chi connectivity index (χ2n) is 3.96. The zero-order valence-electron chi connectivity index (χ0n) is 10.7. The summed E-state index contributed by atoms with van der Waals surface area (Å²) in [6.45, 7) is 0. The van der Waals surface area contributed by atoms with Gasteiger partial charge in [0.25, 0.3) is 0 Å². The van der Waals surface area contributed by atoms with Crippen LogP contribution >= 0.6 is 11.6 Å². The molecule has 0 aliphatic rings. The first kappa shape index (κ1) is 13.4. The van der Waals surface area contributed by atoms with Gasteiger partial charge in [0.2, 0.25) is 0 Å². The normalized spacial score (nSPS) is 10.1. The van der Waals surface area contributed by atoms with Crippen LogP contribution in [0.5, 0.6) is 5.75 Å². The number of hydrogen-bond donors (Lipinski definition) is 0. The summed E-state index contributed by atoms with van der Waals surface area (Å²) in [6, 6.07) is 10.4. The fourth-order valence-electron chi connectivity index (χ4n) is 1.62. The number of pyridine rings is 1. The second-order valence-corrected chi connectivity index (χ2v) is 4.40. The number of nitrogens with zero attached hydrogens (tertiary/aromatic N) is 2. The zero-order valence-corrected chi connectivity index (χ0v) is 11.5. The topological polar surface area (TPSA) is 33.4 Å². The van der Waals surface area contributed by atoms with E-state index in [0.717, 1.165) is 5.69 Å². The fraction of sp³-hybridized carbons (Fsp3) is 0.143. The molecule has 1 amide bonds. The van der Waals surface area contributed by atoms with E-state index in [0.29, 0.717) is 10.8 Å². The van der Waals surface area contributed by atoms with E-state index in [2.05, 4.69) is 0 Å². The smallest absolute Gasteiger partial charge is 0.496 e. The average Bonchev–Trinajstić information content (AvgIpc) is 2.46. The van der Waals surface area contributed by atoms with Gasteiger partial charge < -0.3 is 4.74 Å². The summed E-state index contributed by atoms with van der Waals surface area (Å²) >= 11 is 5.82. The van der Waals surface area contributed by atoms with Gasteiger partial charge >= 0.3 is 6.03 Å². The van der Waals surface area contributed by atoms with Crippen LogP contribution in [0.25, 0.3) is 0 Å². The summed E-state index contributed by atoms with van der Waals surface area (Å²) in [7, 11) is 3.30. The number of rotatable bonds is 2. The van der Waals surface area contributed by atoms with Crippen LogP contribution < -0.4 is 14.2 Å². The number of aromatic nitrogens is 1. The van der Waals surface area contributed by atoms with Crippen LogP contribution in [0, 0.1) is 0 Å². The molecule has 0 unspecified atom stereocenters. The predicted octanol–water partition coefficient (Wildman–Crippen LogP) is 2.74. The Kier molecular flexibility index (Phi) is 4.02. The minimum Gasteiger partial charge on any atom is -0.496 e. The molecule has 1 aromatic heterocycles. The standard InChI is InChI=1S/C14H14ClN2O2/c1-16(12-5-3-11(15)4-6-12)14(18)17-9-7-13(19-2)8-10-17/h3-10H,1-2H3/q+1. The number of carbonyl (C=O) groups is 1. The molecule has 0 spiro atoms. The van der Waals surface area contributed by atoms with Crippen molar-refractivity contribution in [3.05, 3.63) is 53.8 Å². The molecule has 0 saturated heterocycles. The van der Waals surface area contributed by atoms with Crippen molar-refractivity contribution in [3.63, 3.8) is 0 Å². The first-order chi connectivity index (χ1) is 9.11. The Morgan fingerprint density at radius 3 is 2.26 bits per heavy atom. The second kappa shape index (κ2) is 5.71. The van der Waals surface area contributed by atoms with Crippen LogP contribution in [-0.4, -0.2) is 20.2 Å². The van der Waals surface area contributed by atoms with Crippen LogP contribution in [0.1, 0.15) is 0 Å². The molecule has 1 heterocycles. The molecule has 98 valence electrons. The minimum absolute atomic E-state index is 0.162. The van der Waals surface area contributed by atoms with Gasteiger partial charge in [0.05, 0.1) is 14.2 Å². The molecule has 0 aliphatic heterocycles. The van der Waals surface area contributed by atoms with Gasteiger partial charge in [-0.2, -0.15) is 14.3 Å². The molecule has 0 N–H and O–H groups in total. The van der Waals surface area contributed by atoms with Crippen LogP contribution in [0.15, 0.2) is 48.8 Å². The third kappa shape index (κ3) is 3.03. The van der Waals surface area contributed by atoms with Gasteiger partial charge in [-0.15, -0.1) is 0 Å². The lowest BCUT2D eigenvalue weighted by Gasteiger charge is -2.09. The van der Waals surface area contributed by atoms with Gasteiger partial charge in [0.15, 0.2) is 0 Å². The lowest BCUT2D eigenvalue weighted by Crippen LogP contribution is -2.50. The third-order valence-electron chi connectivity index (χ3n) is 2.76. The number of amides is 1. The summed E-state index contributed by atoms with van der Waals surface area (Å²) in [5.74, 6) is 0.707. The van der Waals surface area contributed by atoms with E-state index >= 15 is 0 Å². The molecule has 0 atom stereocenters. The molecule has 19 heavy (non-hydrogen) atoms. The summed E-state index contributed by atoms with van der Waals surface area (Å²) in [5.41, 5.74) is 0.776. The van der Waals surface area contributed by atoms with E-state index in [9.17, 15) is 4.79 Å². The number of halogens is 1. The van der Waals surface area contributed by atoms with Crippen molar-refractivity contribution >= 4 is 23.3 Å². The van der Waals surface area contributed by atoms with Gasteiger partial charge in [0.1, 0.15) is 23.8 Å². The maximum Gasteiger partial charge on any atom is 0.502 e. The fourth-order valence-corrected chi connectivity index (χ4v) is 1.75. The Bertz CT molecular complexity index is 567. The van der Waals surface area contributed by atoms with Crippen molar-refractivity contribution in [1.82, 2.24) is 0 Å². The molecule has 4 nitrogen and oxygen atoms in total. The van der Waals surface area contributed by atoms with Crippen LogP contribution in [0.3, 0.4) is 0 Å². The highest BCUT2D eigenvalue weighted by molar-refractivity contribution is 6.30. The Morgan fingerprint density at radius 1 is 1.16 bits per heavy atom. The molecule has 0 fully saturated rings. The van der Waals surface area contributed by atoms with Crippen LogP contribution in [-0.2, 0) is 0 Å². The van der Waals surface area contributed by atoms with Crippen molar-refractivity contribution < 1.29 is 14.1 Å². The highest BCUT2D eigenvalue weighted by Crippen LogP contribution is 2.16. The maximum atomic E-state index is 12.2. The first-order valence-corrected chi connectivity index (χ1v) is 6.08. The number of benzene rings is 1. The summed E-state index contributed by atoms with van der Waals surface area (Å²) in [6.07, 6.45) is 3.32. The number of carbonyl (C=O) groups excluding carboxylic acids is 1. The van der Waals surface area contributed by atoms with Crippen molar-refractivity contribution in [2.75, 3.05) is 19.1 Å². The van der Waals surface area contributed by atoms with Gasteiger partial charge in [-0.25, -0.2) is 0 Å². The van der Waals surface area contributed by atoms with E-state index in [4.69, 9.17) is 16.3 Å². The van der Waals surface area contributed by atoms with Crippen molar-refractivity contribution in [2.24, 2.45) is 0 Å². The van der Waals surface area contributed by atoms with Crippen LogP contribution in [0.2, 0.25) is 5.02 Å². The molecule has 0 saturated carbocycles. The van der Waals surface area contributed by atoms with Crippen molar-refractivity contribution in [3.8, 4) is 5.75 Å². The zero-order chi connectivity index (χ0) is 13.8. The molecule has 5 heteroatoms. The Balaban J connectivity index is 2.20. The van der Waals surface area contributed by atoms with Crippen LogP contribution in [0.4, 0.5) is 10.5 Å². The molecule has 2 aromatic rings. The predicted molar refractivity (Wildman–Crippen MR) is 73.8 cm³/mol. The molecule has 2 rings (SSSR count). The maximum absolute atomic E-state index is 12.2. The quantitative estimate of drug-likeness (QED) is 0.791. The highest BCUT2D eigenvalue weighted by Gasteiger charge is 2.22. The van der Waals surface area contributed by atoms with Crippen molar-refractivity contribution in [2.45, 2.75) is 0 Å². The highest BCUT2D eigenvalue weighted by atomic mass is 35.5. The van der Waals surface area contributed by atoms with E-state index in [1.54, 1.807) is 67.8 Å². The molecule has 0 aliphatic carbocycles. The number of hydrogen-bond acceptors (Lipinski definition) is 2. The Hall–Kier alpha value is -2.07. The molecule has 0 bridgehead atoms.